The number of aromatic nitrogens is 1. The molecule has 4 nitrogen and oxygen atoms in total. The van der Waals surface area contributed by atoms with Crippen molar-refractivity contribution in [1.82, 2.24) is 20.1 Å². The van der Waals surface area contributed by atoms with Crippen LogP contribution in [0.1, 0.15) is 24.4 Å². The lowest BCUT2D eigenvalue weighted by Crippen LogP contribution is -2.47. The predicted molar refractivity (Wildman–Crippen MR) is 77.1 cm³/mol. The van der Waals surface area contributed by atoms with Crippen LogP contribution in [0, 0.1) is 0 Å². The van der Waals surface area contributed by atoms with Crippen molar-refractivity contribution in [3.8, 4) is 0 Å². The second-order valence-electron chi connectivity index (χ2n) is 5.60. The van der Waals surface area contributed by atoms with Gasteiger partial charge in [-0.2, -0.15) is 0 Å². The quantitative estimate of drug-likeness (QED) is 0.879. The number of nitrogens with zero attached hydrogens (tertiary/aromatic N) is 3. The normalized spacial score (nSPS) is 23.6. The van der Waals surface area contributed by atoms with Crippen LogP contribution in [0.5, 0.6) is 0 Å². The molecule has 2 aliphatic rings. The molecule has 1 atom stereocenters. The van der Waals surface area contributed by atoms with E-state index in [0.717, 1.165) is 32.7 Å². The molecule has 0 aliphatic carbocycles. The van der Waals surface area contributed by atoms with E-state index >= 15 is 0 Å². The summed E-state index contributed by atoms with van der Waals surface area (Å²) in [5, 5.41) is 3.44. The highest BCUT2D eigenvalue weighted by molar-refractivity contribution is 5.15. The van der Waals surface area contributed by atoms with Crippen molar-refractivity contribution in [2.45, 2.75) is 18.9 Å². The summed E-state index contributed by atoms with van der Waals surface area (Å²) >= 11 is 0. The van der Waals surface area contributed by atoms with E-state index in [1.165, 1.54) is 31.5 Å². The second kappa shape index (κ2) is 6.46. The Hall–Kier alpha value is -0.970. The molecule has 19 heavy (non-hydrogen) atoms. The van der Waals surface area contributed by atoms with Crippen LogP contribution < -0.4 is 5.32 Å². The Morgan fingerprint density at radius 2 is 1.95 bits per heavy atom. The average Bonchev–Trinajstić information content (AvgIpc) is 3.00. The lowest BCUT2D eigenvalue weighted by Gasteiger charge is -2.37. The molecule has 0 aromatic carbocycles. The molecule has 104 valence electrons. The molecule has 0 amide bonds. The van der Waals surface area contributed by atoms with Gasteiger partial charge in [-0.3, -0.25) is 9.88 Å². The first-order valence-electron chi connectivity index (χ1n) is 7.50. The largest absolute Gasteiger partial charge is 0.314 e. The zero-order valence-electron chi connectivity index (χ0n) is 11.6. The zero-order valence-corrected chi connectivity index (χ0v) is 11.6. The van der Waals surface area contributed by atoms with Gasteiger partial charge in [0.2, 0.25) is 0 Å². The van der Waals surface area contributed by atoms with Crippen LogP contribution in [0.2, 0.25) is 0 Å². The van der Waals surface area contributed by atoms with Crippen molar-refractivity contribution in [3.05, 3.63) is 30.1 Å². The third kappa shape index (κ3) is 3.32. The first kappa shape index (κ1) is 13.0. The first-order valence-corrected chi connectivity index (χ1v) is 7.50. The van der Waals surface area contributed by atoms with Gasteiger partial charge in [0, 0.05) is 51.2 Å². The number of hydrogen-bond acceptors (Lipinski definition) is 4. The van der Waals surface area contributed by atoms with Gasteiger partial charge in [-0.1, -0.05) is 6.07 Å². The molecule has 2 saturated heterocycles. The van der Waals surface area contributed by atoms with Crippen molar-refractivity contribution in [2.24, 2.45) is 0 Å². The zero-order chi connectivity index (χ0) is 12.9. The molecule has 0 spiro atoms. The Balaban J connectivity index is 1.73. The fourth-order valence-corrected chi connectivity index (χ4v) is 3.21. The number of pyridine rings is 1. The van der Waals surface area contributed by atoms with E-state index in [4.69, 9.17) is 0 Å². The summed E-state index contributed by atoms with van der Waals surface area (Å²) in [7, 11) is 0. The number of rotatable bonds is 4. The average molecular weight is 260 g/mol. The minimum Gasteiger partial charge on any atom is -0.314 e. The second-order valence-corrected chi connectivity index (χ2v) is 5.60. The SMILES string of the molecule is c1cncc(C(CN2CCCC2)N2CCNCC2)c1. The summed E-state index contributed by atoms with van der Waals surface area (Å²) in [6.07, 6.45) is 6.64. The van der Waals surface area contributed by atoms with Gasteiger partial charge in [0.25, 0.3) is 0 Å². The summed E-state index contributed by atoms with van der Waals surface area (Å²) in [6, 6.07) is 4.80. The Morgan fingerprint density at radius 1 is 1.16 bits per heavy atom. The molecule has 1 aromatic rings. The van der Waals surface area contributed by atoms with Gasteiger partial charge in [0.15, 0.2) is 0 Å². The van der Waals surface area contributed by atoms with E-state index in [1.54, 1.807) is 0 Å². The first-order chi connectivity index (χ1) is 9.43. The Labute approximate surface area is 115 Å². The maximum atomic E-state index is 4.31. The summed E-state index contributed by atoms with van der Waals surface area (Å²) < 4.78 is 0. The molecule has 1 aromatic heterocycles. The Morgan fingerprint density at radius 3 is 2.63 bits per heavy atom. The molecule has 1 unspecified atom stereocenters. The maximum Gasteiger partial charge on any atom is 0.0491 e. The molecule has 3 heterocycles. The van der Waals surface area contributed by atoms with Crippen molar-refractivity contribution >= 4 is 0 Å². The van der Waals surface area contributed by atoms with Crippen molar-refractivity contribution < 1.29 is 0 Å². The molecule has 4 heteroatoms. The van der Waals surface area contributed by atoms with E-state index < -0.39 is 0 Å². The Bertz CT molecular complexity index is 369. The molecule has 2 aliphatic heterocycles. The fourth-order valence-electron chi connectivity index (χ4n) is 3.21. The third-order valence-electron chi connectivity index (χ3n) is 4.29. The van der Waals surface area contributed by atoms with Crippen LogP contribution in [-0.4, -0.2) is 60.6 Å². The summed E-state index contributed by atoms with van der Waals surface area (Å²) in [4.78, 5) is 9.54. The minimum atomic E-state index is 0.508. The van der Waals surface area contributed by atoms with Gasteiger partial charge in [-0.25, -0.2) is 0 Å². The highest BCUT2D eigenvalue weighted by atomic mass is 15.3. The van der Waals surface area contributed by atoms with Gasteiger partial charge in [0.05, 0.1) is 0 Å². The lowest BCUT2D eigenvalue weighted by molar-refractivity contribution is 0.135. The number of nitrogens with one attached hydrogen (secondary N) is 1. The van der Waals surface area contributed by atoms with Crippen LogP contribution >= 0.6 is 0 Å². The molecule has 0 bridgehead atoms. The standard InChI is InChI=1S/C15H24N4/c1-2-9-18(8-1)13-15(14-4-3-5-17-12-14)19-10-6-16-7-11-19/h3-5,12,15-16H,1-2,6-11,13H2. The molecule has 3 rings (SSSR count). The highest BCUT2D eigenvalue weighted by Crippen LogP contribution is 2.23. The van der Waals surface area contributed by atoms with Gasteiger partial charge < -0.3 is 10.2 Å². The van der Waals surface area contributed by atoms with Crippen molar-refractivity contribution in [3.63, 3.8) is 0 Å². The molecular formula is C15H24N4. The summed E-state index contributed by atoms with van der Waals surface area (Å²) in [5.41, 5.74) is 1.37. The summed E-state index contributed by atoms with van der Waals surface area (Å²) in [6.45, 7) is 8.20. The van der Waals surface area contributed by atoms with Gasteiger partial charge in [-0.05, 0) is 37.6 Å². The van der Waals surface area contributed by atoms with Crippen molar-refractivity contribution in [1.29, 1.82) is 0 Å². The van der Waals surface area contributed by atoms with E-state index in [0.29, 0.717) is 6.04 Å². The van der Waals surface area contributed by atoms with E-state index in [9.17, 15) is 0 Å². The van der Waals surface area contributed by atoms with Crippen LogP contribution in [0.15, 0.2) is 24.5 Å². The topological polar surface area (TPSA) is 31.4 Å². The summed E-state index contributed by atoms with van der Waals surface area (Å²) in [5.74, 6) is 0. The molecule has 2 fully saturated rings. The number of piperazine rings is 1. The molecule has 1 N–H and O–H groups in total. The van der Waals surface area contributed by atoms with E-state index in [1.807, 2.05) is 12.4 Å². The molecular weight excluding hydrogens is 236 g/mol. The lowest BCUT2D eigenvalue weighted by atomic mass is 10.1. The van der Waals surface area contributed by atoms with E-state index in [-0.39, 0.29) is 0 Å². The number of likely N-dealkylation sites (tertiary alicyclic amines) is 1. The van der Waals surface area contributed by atoms with Crippen LogP contribution in [0.4, 0.5) is 0 Å². The molecule has 0 saturated carbocycles. The van der Waals surface area contributed by atoms with Crippen LogP contribution in [0.3, 0.4) is 0 Å². The Kier molecular flexibility index (Phi) is 4.43. The highest BCUT2D eigenvalue weighted by Gasteiger charge is 2.25. The minimum absolute atomic E-state index is 0.508. The maximum absolute atomic E-state index is 4.31. The molecule has 0 radical (unpaired) electrons. The van der Waals surface area contributed by atoms with Gasteiger partial charge >= 0.3 is 0 Å². The third-order valence-corrected chi connectivity index (χ3v) is 4.29. The number of hydrogen-bond donors (Lipinski definition) is 1. The van der Waals surface area contributed by atoms with E-state index in [2.05, 4.69) is 32.2 Å². The van der Waals surface area contributed by atoms with Crippen LogP contribution in [-0.2, 0) is 0 Å². The van der Waals surface area contributed by atoms with Crippen molar-refractivity contribution in [2.75, 3.05) is 45.8 Å². The van der Waals surface area contributed by atoms with Gasteiger partial charge in [0.1, 0.15) is 0 Å². The monoisotopic (exact) mass is 260 g/mol. The smallest absolute Gasteiger partial charge is 0.0491 e. The van der Waals surface area contributed by atoms with Crippen LogP contribution in [0.25, 0.3) is 0 Å². The van der Waals surface area contributed by atoms with Gasteiger partial charge in [-0.15, -0.1) is 0 Å². The fraction of sp³-hybridized carbons (Fsp3) is 0.667. The predicted octanol–water partition coefficient (Wildman–Crippen LogP) is 1.12.